The first-order chi connectivity index (χ1) is 7.84. The van der Waals surface area contributed by atoms with Gasteiger partial charge >= 0.3 is 0 Å². The van der Waals surface area contributed by atoms with E-state index < -0.39 is 6.23 Å². The highest BCUT2D eigenvalue weighted by Crippen LogP contribution is 2.25. The Morgan fingerprint density at radius 1 is 1.56 bits per heavy atom. The highest BCUT2D eigenvalue weighted by Gasteiger charge is 2.21. The van der Waals surface area contributed by atoms with E-state index in [4.69, 9.17) is 4.42 Å². The van der Waals surface area contributed by atoms with Crippen LogP contribution in [-0.4, -0.2) is 14.7 Å². The summed E-state index contributed by atoms with van der Waals surface area (Å²) < 4.78 is 7.23. The van der Waals surface area contributed by atoms with Crippen molar-refractivity contribution in [3.8, 4) is 0 Å². The zero-order chi connectivity index (χ0) is 11.0. The summed E-state index contributed by atoms with van der Waals surface area (Å²) in [6, 6.07) is 3.79. The lowest BCUT2D eigenvalue weighted by Gasteiger charge is -2.22. The largest absolute Gasteiger partial charge is 0.469 e. The van der Waals surface area contributed by atoms with Gasteiger partial charge in [-0.2, -0.15) is 0 Å². The fourth-order valence-corrected chi connectivity index (χ4v) is 2.28. The average Bonchev–Trinajstić information content (AvgIpc) is 2.90. The van der Waals surface area contributed by atoms with Crippen LogP contribution >= 0.6 is 0 Å². The number of rotatable bonds is 2. The summed E-state index contributed by atoms with van der Waals surface area (Å²) in [6.45, 7) is 0. The Bertz CT molecular complexity index is 473. The maximum Gasteiger partial charge on any atom is 0.132 e. The van der Waals surface area contributed by atoms with Crippen molar-refractivity contribution in [3.63, 3.8) is 0 Å². The monoisotopic (exact) mass is 218 g/mol. The van der Waals surface area contributed by atoms with Crippen molar-refractivity contribution >= 4 is 0 Å². The van der Waals surface area contributed by atoms with Gasteiger partial charge in [-0.3, -0.25) is 0 Å². The molecule has 0 aromatic carbocycles. The normalized spacial score (nSPS) is 19.7. The molecular formula is C12H14N2O2. The number of furan rings is 1. The van der Waals surface area contributed by atoms with E-state index in [0.717, 1.165) is 36.5 Å². The number of aryl methyl sites for hydroxylation is 1. The SMILES string of the molecule is OC1CCCc2cnc(Cc3ccco3)n21. The molecule has 0 radical (unpaired) electrons. The zero-order valence-corrected chi connectivity index (χ0v) is 8.97. The Labute approximate surface area is 93.5 Å². The zero-order valence-electron chi connectivity index (χ0n) is 8.97. The van der Waals surface area contributed by atoms with Crippen LogP contribution in [-0.2, 0) is 12.8 Å². The second kappa shape index (κ2) is 3.79. The number of aliphatic hydroxyl groups is 1. The van der Waals surface area contributed by atoms with Crippen LogP contribution in [0.15, 0.2) is 29.0 Å². The molecule has 4 heteroatoms. The van der Waals surface area contributed by atoms with Gasteiger partial charge in [-0.1, -0.05) is 0 Å². The average molecular weight is 218 g/mol. The molecule has 3 rings (SSSR count). The van der Waals surface area contributed by atoms with Crippen LogP contribution in [0.3, 0.4) is 0 Å². The molecule has 2 aromatic heterocycles. The van der Waals surface area contributed by atoms with Crippen molar-refractivity contribution in [2.24, 2.45) is 0 Å². The standard InChI is InChI=1S/C12H14N2O2/c15-12-5-1-3-9-8-13-11(14(9)12)7-10-4-2-6-16-10/h2,4,6,8,12,15H,1,3,5,7H2. The summed E-state index contributed by atoms with van der Waals surface area (Å²) in [4.78, 5) is 4.37. The van der Waals surface area contributed by atoms with Crippen molar-refractivity contribution < 1.29 is 9.52 Å². The number of fused-ring (bicyclic) bond motifs is 1. The van der Waals surface area contributed by atoms with Crippen molar-refractivity contribution in [1.82, 2.24) is 9.55 Å². The van der Waals surface area contributed by atoms with Crippen molar-refractivity contribution in [3.05, 3.63) is 41.9 Å². The van der Waals surface area contributed by atoms with Crippen LogP contribution in [0.2, 0.25) is 0 Å². The molecule has 1 aliphatic rings. The Kier molecular flexibility index (Phi) is 2.29. The van der Waals surface area contributed by atoms with Crippen molar-refractivity contribution in [2.75, 3.05) is 0 Å². The molecule has 0 amide bonds. The summed E-state index contributed by atoms with van der Waals surface area (Å²) in [5.74, 6) is 1.77. The van der Waals surface area contributed by atoms with Crippen LogP contribution in [0.1, 0.15) is 36.3 Å². The smallest absolute Gasteiger partial charge is 0.132 e. The van der Waals surface area contributed by atoms with E-state index in [-0.39, 0.29) is 0 Å². The van der Waals surface area contributed by atoms with E-state index in [9.17, 15) is 5.11 Å². The van der Waals surface area contributed by atoms with Gasteiger partial charge in [0.25, 0.3) is 0 Å². The Balaban J connectivity index is 1.93. The molecule has 0 fully saturated rings. The number of aliphatic hydroxyl groups excluding tert-OH is 1. The quantitative estimate of drug-likeness (QED) is 0.837. The van der Waals surface area contributed by atoms with E-state index in [0.29, 0.717) is 6.42 Å². The van der Waals surface area contributed by atoms with Gasteiger partial charge in [0.2, 0.25) is 0 Å². The fraction of sp³-hybridized carbons (Fsp3) is 0.417. The number of imidazole rings is 1. The van der Waals surface area contributed by atoms with Gasteiger partial charge < -0.3 is 14.1 Å². The summed E-state index contributed by atoms with van der Waals surface area (Å²) in [5, 5.41) is 9.95. The van der Waals surface area contributed by atoms with Crippen molar-refractivity contribution in [1.29, 1.82) is 0 Å². The lowest BCUT2D eigenvalue weighted by atomic mass is 10.1. The highest BCUT2D eigenvalue weighted by atomic mass is 16.3. The first-order valence-corrected chi connectivity index (χ1v) is 5.60. The van der Waals surface area contributed by atoms with Gasteiger partial charge in [-0.15, -0.1) is 0 Å². The molecular weight excluding hydrogens is 204 g/mol. The Morgan fingerprint density at radius 2 is 2.50 bits per heavy atom. The van der Waals surface area contributed by atoms with Crippen LogP contribution in [0.5, 0.6) is 0 Å². The summed E-state index contributed by atoms with van der Waals surface area (Å²) >= 11 is 0. The maximum absolute atomic E-state index is 9.95. The van der Waals surface area contributed by atoms with Gasteiger partial charge in [-0.05, 0) is 31.4 Å². The summed E-state index contributed by atoms with van der Waals surface area (Å²) in [5.41, 5.74) is 1.13. The van der Waals surface area contributed by atoms with E-state index >= 15 is 0 Å². The molecule has 1 atom stereocenters. The molecule has 4 nitrogen and oxygen atoms in total. The molecule has 1 unspecified atom stereocenters. The van der Waals surface area contributed by atoms with Gasteiger partial charge in [-0.25, -0.2) is 4.98 Å². The number of hydrogen-bond donors (Lipinski definition) is 1. The van der Waals surface area contributed by atoms with Gasteiger partial charge in [0.05, 0.1) is 12.7 Å². The third-order valence-electron chi connectivity index (χ3n) is 3.06. The lowest BCUT2D eigenvalue weighted by molar-refractivity contribution is 0.0760. The topological polar surface area (TPSA) is 51.2 Å². The highest BCUT2D eigenvalue weighted by molar-refractivity contribution is 5.14. The minimum atomic E-state index is -0.420. The minimum Gasteiger partial charge on any atom is -0.469 e. The molecule has 0 saturated heterocycles. The molecule has 1 aliphatic heterocycles. The fourth-order valence-electron chi connectivity index (χ4n) is 2.28. The van der Waals surface area contributed by atoms with Crippen LogP contribution in [0.25, 0.3) is 0 Å². The predicted octanol–water partition coefficient (Wildman–Crippen LogP) is 1.89. The number of nitrogens with zero attached hydrogens (tertiary/aromatic N) is 2. The molecule has 3 heterocycles. The molecule has 0 spiro atoms. The molecule has 0 aliphatic carbocycles. The molecule has 2 aromatic rings. The second-order valence-corrected chi connectivity index (χ2v) is 4.16. The number of hydrogen-bond acceptors (Lipinski definition) is 3. The second-order valence-electron chi connectivity index (χ2n) is 4.16. The van der Waals surface area contributed by atoms with Gasteiger partial charge in [0.1, 0.15) is 17.8 Å². The first kappa shape index (κ1) is 9.66. The molecule has 0 bridgehead atoms. The van der Waals surface area contributed by atoms with E-state index in [1.807, 2.05) is 22.9 Å². The van der Waals surface area contributed by atoms with Gasteiger partial charge in [0.15, 0.2) is 0 Å². The van der Waals surface area contributed by atoms with Crippen LogP contribution in [0.4, 0.5) is 0 Å². The molecule has 84 valence electrons. The number of aromatic nitrogens is 2. The van der Waals surface area contributed by atoms with E-state index in [2.05, 4.69) is 4.98 Å². The van der Waals surface area contributed by atoms with Crippen LogP contribution in [0, 0.1) is 0 Å². The molecule has 16 heavy (non-hydrogen) atoms. The van der Waals surface area contributed by atoms with Crippen molar-refractivity contribution in [2.45, 2.75) is 31.9 Å². The van der Waals surface area contributed by atoms with E-state index in [1.54, 1.807) is 6.26 Å². The lowest BCUT2D eigenvalue weighted by Crippen LogP contribution is -2.19. The third kappa shape index (κ3) is 1.55. The maximum atomic E-state index is 9.95. The molecule has 0 saturated carbocycles. The predicted molar refractivity (Wildman–Crippen MR) is 57.9 cm³/mol. The summed E-state index contributed by atoms with van der Waals surface area (Å²) in [6.07, 6.45) is 6.59. The molecule has 1 N–H and O–H groups in total. The van der Waals surface area contributed by atoms with Gasteiger partial charge in [0, 0.05) is 11.9 Å². The third-order valence-corrected chi connectivity index (χ3v) is 3.06. The summed E-state index contributed by atoms with van der Waals surface area (Å²) in [7, 11) is 0. The minimum absolute atomic E-state index is 0.420. The first-order valence-electron chi connectivity index (χ1n) is 5.60. The van der Waals surface area contributed by atoms with Crippen LogP contribution < -0.4 is 0 Å². The Morgan fingerprint density at radius 3 is 3.31 bits per heavy atom. The Hall–Kier alpha value is -1.55. The van der Waals surface area contributed by atoms with E-state index in [1.165, 1.54) is 0 Å².